The molecule has 0 aliphatic carbocycles. The van der Waals surface area contributed by atoms with E-state index in [9.17, 15) is 9.59 Å². The Kier molecular flexibility index (Phi) is 6.20. The second-order valence-corrected chi connectivity index (χ2v) is 6.87. The van der Waals surface area contributed by atoms with E-state index in [1.807, 2.05) is 4.90 Å². The first kappa shape index (κ1) is 18.4. The Morgan fingerprint density at radius 1 is 1.31 bits per heavy atom. The van der Waals surface area contributed by atoms with Crippen LogP contribution in [0.1, 0.15) is 68.8 Å². The molecule has 1 unspecified atom stereocenters. The van der Waals surface area contributed by atoms with Crippen molar-refractivity contribution in [3.63, 3.8) is 0 Å². The van der Waals surface area contributed by atoms with Crippen LogP contribution in [-0.4, -0.2) is 38.5 Å². The fourth-order valence-electron chi connectivity index (χ4n) is 3.54. The number of nitrogens with zero attached hydrogens (tertiary/aromatic N) is 3. The SMILES string of the molecule is CCCCCCC1CCCCN1C(=O)c1ccc(-c2noc(=O)[nH]2)cn1. The van der Waals surface area contributed by atoms with Crippen LogP contribution < -0.4 is 5.76 Å². The molecule has 1 atom stereocenters. The summed E-state index contributed by atoms with van der Waals surface area (Å²) in [6, 6.07) is 3.74. The average molecular weight is 358 g/mol. The van der Waals surface area contributed by atoms with E-state index in [1.165, 1.54) is 32.1 Å². The summed E-state index contributed by atoms with van der Waals surface area (Å²) in [5.74, 6) is -0.307. The van der Waals surface area contributed by atoms with E-state index in [2.05, 4.69) is 26.6 Å². The minimum absolute atomic E-state index is 0.00890. The average Bonchev–Trinajstić information content (AvgIpc) is 3.11. The van der Waals surface area contributed by atoms with Crippen molar-refractivity contribution in [3.8, 4) is 11.4 Å². The molecule has 0 radical (unpaired) electrons. The van der Waals surface area contributed by atoms with Gasteiger partial charge >= 0.3 is 5.76 Å². The first-order chi connectivity index (χ1) is 12.7. The van der Waals surface area contributed by atoms with Crippen molar-refractivity contribution in [2.24, 2.45) is 0 Å². The van der Waals surface area contributed by atoms with Crippen LogP contribution in [0.3, 0.4) is 0 Å². The van der Waals surface area contributed by atoms with E-state index in [-0.39, 0.29) is 5.91 Å². The van der Waals surface area contributed by atoms with Crippen molar-refractivity contribution in [1.82, 2.24) is 20.0 Å². The van der Waals surface area contributed by atoms with Crippen LogP contribution in [0.4, 0.5) is 0 Å². The molecule has 140 valence electrons. The minimum atomic E-state index is -0.612. The molecule has 26 heavy (non-hydrogen) atoms. The van der Waals surface area contributed by atoms with E-state index in [4.69, 9.17) is 0 Å². The summed E-state index contributed by atoms with van der Waals surface area (Å²) in [5, 5.41) is 3.63. The number of aromatic nitrogens is 3. The summed E-state index contributed by atoms with van der Waals surface area (Å²) in [6.07, 6.45) is 10.8. The molecule has 1 N–H and O–H groups in total. The molecule has 7 nitrogen and oxygen atoms in total. The number of piperidine rings is 1. The first-order valence-electron chi connectivity index (χ1n) is 9.52. The molecule has 1 amide bonds. The predicted octanol–water partition coefficient (Wildman–Crippen LogP) is 3.39. The summed E-state index contributed by atoms with van der Waals surface area (Å²) >= 11 is 0. The van der Waals surface area contributed by atoms with Crippen LogP contribution in [0.15, 0.2) is 27.6 Å². The third-order valence-corrected chi connectivity index (χ3v) is 4.98. The molecule has 3 heterocycles. The fraction of sp³-hybridized carbons (Fsp3) is 0.579. The zero-order valence-electron chi connectivity index (χ0n) is 15.2. The molecule has 3 rings (SSSR count). The zero-order valence-corrected chi connectivity index (χ0v) is 15.2. The number of nitrogens with one attached hydrogen (secondary N) is 1. The Morgan fingerprint density at radius 3 is 2.88 bits per heavy atom. The van der Waals surface area contributed by atoms with Crippen molar-refractivity contribution >= 4 is 5.91 Å². The van der Waals surface area contributed by atoms with Crippen LogP contribution in [0, 0.1) is 0 Å². The van der Waals surface area contributed by atoms with Gasteiger partial charge in [-0.15, -0.1) is 0 Å². The molecule has 1 aliphatic rings. The van der Waals surface area contributed by atoms with Crippen molar-refractivity contribution in [3.05, 3.63) is 34.6 Å². The highest BCUT2D eigenvalue weighted by atomic mass is 16.5. The Bertz CT molecular complexity index is 766. The van der Waals surface area contributed by atoms with Gasteiger partial charge in [-0.3, -0.25) is 19.3 Å². The van der Waals surface area contributed by atoms with Gasteiger partial charge in [-0.25, -0.2) is 4.79 Å². The van der Waals surface area contributed by atoms with Gasteiger partial charge in [0.2, 0.25) is 0 Å². The number of carbonyl (C=O) groups excluding carboxylic acids is 1. The highest BCUT2D eigenvalue weighted by Gasteiger charge is 2.27. The van der Waals surface area contributed by atoms with Gasteiger partial charge in [0.25, 0.3) is 5.91 Å². The lowest BCUT2D eigenvalue weighted by Gasteiger charge is -2.35. The Hall–Kier alpha value is -2.44. The number of hydrogen-bond donors (Lipinski definition) is 1. The van der Waals surface area contributed by atoms with Gasteiger partial charge in [-0.2, -0.15) is 0 Å². The zero-order chi connectivity index (χ0) is 18.4. The van der Waals surface area contributed by atoms with E-state index in [0.717, 1.165) is 25.8 Å². The molecule has 0 saturated carbocycles. The van der Waals surface area contributed by atoms with Gasteiger partial charge in [0.1, 0.15) is 5.69 Å². The number of aromatic amines is 1. The first-order valence-corrected chi connectivity index (χ1v) is 9.52. The molecule has 2 aromatic heterocycles. The van der Waals surface area contributed by atoms with Gasteiger partial charge in [0.05, 0.1) is 0 Å². The summed E-state index contributed by atoms with van der Waals surface area (Å²) in [5.41, 5.74) is 1.04. The fourth-order valence-corrected chi connectivity index (χ4v) is 3.54. The lowest BCUT2D eigenvalue weighted by Crippen LogP contribution is -2.44. The van der Waals surface area contributed by atoms with Gasteiger partial charge in [-0.05, 0) is 37.8 Å². The molecule has 1 fully saturated rings. The van der Waals surface area contributed by atoms with Crippen molar-refractivity contribution in [1.29, 1.82) is 0 Å². The number of hydrogen-bond acceptors (Lipinski definition) is 5. The largest absolute Gasteiger partial charge is 0.439 e. The number of pyridine rings is 1. The van der Waals surface area contributed by atoms with E-state index in [0.29, 0.717) is 23.1 Å². The van der Waals surface area contributed by atoms with Crippen LogP contribution in [0.25, 0.3) is 11.4 Å². The molecule has 0 spiro atoms. The lowest BCUT2D eigenvalue weighted by atomic mass is 9.96. The van der Waals surface area contributed by atoms with Crippen molar-refractivity contribution < 1.29 is 9.32 Å². The number of carbonyl (C=O) groups is 1. The molecule has 1 saturated heterocycles. The van der Waals surface area contributed by atoms with Crippen molar-refractivity contribution in [2.75, 3.05) is 6.54 Å². The normalized spacial score (nSPS) is 17.4. The Morgan fingerprint density at radius 2 is 2.19 bits per heavy atom. The second kappa shape index (κ2) is 8.78. The summed E-state index contributed by atoms with van der Waals surface area (Å²) < 4.78 is 4.50. The van der Waals surface area contributed by atoms with Crippen molar-refractivity contribution in [2.45, 2.75) is 64.3 Å². The standard InChI is InChI=1S/C19H26N4O3/c1-2-3-4-5-8-15-9-6-7-12-23(15)18(24)16-11-10-14(13-20-16)17-21-19(25)26-22-17/h10-11,13,15H,2-9,12H2,1H3,(H,21,22,25). The lowest BCUT2D eigenvalue weighted by molar-refractivity contribution is 0.0592. The van der Waals surface area contributed by atoms with Gasteiger partial charge in [-0.1, -0.05) is 37.8 Å². The highest BCUT2D eigenvalue weighted by Crippen LogP contribution is 2.24. The van der Waals surface area contributed by atoms with Gasteiger partial charge < -0.3 is 4.90 Å². The number of amides is 1. The van der Waals surface area contributed by atoms with Crippen LogP contribution in [0.2, 0.25) is 0 Å². The molecule has 0 aromatic carbocycles. The van der Waals surface area contributed by atoms with E-state index < -0.39 is 5.76 Å². The number of unbranched alkanes of at least 4 members (excludes halogenated alkanes) is 3. The highest BCUT2D eigenvalue weighted by molar-refractivity contribution is 5.92. The summed E-state index contributed by atoms with van der Waals surface area (Å²) in [7, 11) is 0. The third kappa shape index (κ3) is 4.39. The number of rotatable bonds is 7. The molecular formula is C19H26N4O3. The van der Waals surface area contributed by atoms with E-state index in [1.54, 1.807) is 18.3 Å². The minimum Gasteiger partial charge on any atom is -0.334 e. The van der Waals surface area contributed by atoms with Crippen LogP contribution >= 0.6 is 0 Å². The molecule has 2 aromatic rings. The maximum absolute atomic E-state index is 12.9. The monoisotopic (exact) mass is 358 g/mol. The summed E-state index contributed by atoms with van der Waals surface area (Å²) in [4.78, 5) is 32.7. The Balaban J connectivity index is 1.67. The van der Waals surface area contributed by atoms with Gasteiger partial charge in [0.15, 0.2) is 5.82 Å². The van der Waals surface area contributed by atoms with Crippen LogP contribution in [0.5, 0.6) is 0 Å². The maximum atomic E-state index is 12.9. The van der Waals surface area contributed by atoms with Crippen LogP contribution in [-0.2, 0) is 0 Å². The molecule has 0 bridgehead atoms. The number of H-pyrrole nitrogens is 1. The third-order valence-electron chi connectivity index (χ3n) is 4.98. The van der Waals surface area contributed by atoms with Gasteiger partial charge in [0, 0.05) is 24.3 Å². The maximum Gasteiger partial charge on any atom is 0.439 e. The summed E-state index contributed by atoms with van der Waals surface area (Å²) in [6.45, 7) is 3.01. The topological polar surface area (TPSA) is 92.1 Å². The quantitative estimate of drug-likeness (QED) is 0.766. The number of likely N-dealkylation sites (tertiary alicyclic amines) is 1. The molecule has 7 heteroatoms. The smallest absolute Gasteiger partial charge is 0.334 e. The molecule has 1 aliphatic heterocycles. The second-order valence-electron chi connectivity index (χ2n) is 6.87. The molecular weight excluding hydrogens is 332 g/mol. The Labute approximate surface area is 152 Å². The van der Waals surface area contributed by atoms with E-state index >= 15 is 0 Å². The predicted molar refractivity (Wildman–Crippen MR) is 97.8 cm³/mol.